The smallest absolute Gasteiger partial charge is 0.230 e. The molecule has 39 heavy (non-hydrogen) atoms. The average Bonchev–Trinajstić information content (AvgIpc) is 3.56. The largest absolute Gasteiger partial charge is 0.378 e. The molecule has 2 saturated carbocycles. The third kappa shape index (κ3) is 5.95. The van der Waals surface area contributed by atoms with Crippen molar-refractivity contribution >= 4 is 29.1 Å². The number of rotatable bonds is 8. The Bertz CT molecular complexity index is 1450. The number of nitrogens with zero attached hydrogens (tertiary/aromatic N) is 2. The van der Waals surface area contributed by atoms with Crippen molar-refractivity contribution in [1.82, 2.24) is 0 Å². The highest BCUT2D eigenvalue weighted by molar-refractivity contribution is 5.96. The maximum Gasteiger partial charge on any atom is 0.230 e. The van der Waals surface area contributed by atoms with E-state index in [4.69, 9.17) is 1.37 Å². The van der Waals surface area contributed by atoms with E-state index >= 15 is 4.39 Å². The number of ketones is 1. The van der Waals surface area contributed by atoms with Gasteiger partial charge in [-0.3, -0.25) is 9.59 Å². The monoisotopic (exact) mass is 529 g/mol. The van der Waals surface area contributed by atoms with Gasteiger partial charge in [-0.1, -0.05) is 36.8 Å². The molecule has 5 rings (SSSR count). The molecule has 0 heterocycles. The lowest BCUT2D eigenvalue weighted by atomic mass is 9.87. The minimum absolute atomic E-state index is 0.0373. The van der Waals surface area contributed by atoms with Crippen LogP contribution in [0.2, 0.25) is 0 Å². The van der Waals surface area contributed by atoms with Gasteiger partial charge in [0.15, 0.2) is 5.78 Å². The van der Waals surface area contributed by atoms with Crippen molar-refractivity contribution in [2.75, 3.05) is 23.9 Å². The molecule has 3 aromatic carbocycles. The standard InChI is InChI=1S/C33H34F2N2O2/c1-21(38)4-5-23-15-28(34)19-30(16-23)37(33(39)31-17-22-6-7-26(31)14-22)20-27-9-8-25(18-32(27)35)24-10-12-29(13-11-24)36(2)3/h4-5,8-13,15-16,18-19,22,26,31H,6-7,14,17,20H2,1-3H3/b5-4+/t22-,26+,31?/m0/s1/i20D/t20?,22-,26+,31?. The fourth-order valence-corrected chi connectivity index (χ4v) is 5.94. The Hall–Kier alpha value is -3.80. The van der Waals surface area contributed by atoms with E-state index < -0.39 is 18.2 Å². The van der Waals surface area contributed by atoms with Gasteiger partial charge >= 0.3 is 0 Å². The maximum atomic E-state index is 15.6. The Balaban J connectivity index is 1.51. The highest BCUT2D eigenvalue weighted by Crippen LogP contribution is 2.49. The number of anilines is 2. The van der Waals surface area contributed by atoms with Crippen LogP contribution >= 0.6 is 0 Å². The van der Waals surface area contributed by atoms with E-state index in [0.29, 0.717) is 17.0 Å². The minimum atomic E-state index is -1.41. The molecule has 2 fully saturated rings. The summed E-state index contributed by atoms with van der Waals surface area (Å²) in [4.78, 5) is 28.7. The van der Waals surface area contributed by atoms with Crippen LogP contribution in [0.3, 0.4) is 0 Å². The molecule has 2 bridgehead atoms. The molecule has 4 nitrogen and oxygen atoms in total. The quantitative estimate of drug-likeness (QED) is 0.288. The second-order valence-corrected chi connectivity index (χ2v) is 11.0. The van der Waals surface area contributed by atoms with Gasteiger partial charge in [0.05, 0.1) is 7.89 Å². The SMILES string of the molecule is [2H]C(c1ccc(-c2ccc(N(C)C)cc2)cc1F)N(C(=O)C1C[C@H]2CC[C@@H]1C2)c1cc(F)cc(/C=C/C(C)=O)c1. The third-order valence-corrected chi connectivity index (χ3v) is 7.97. The molecule has 0 aromatic heterocycles. The zero-order valence-corrected chi connectivity index (χ0v) is 22.5. The molecule has 4 atom stereocenters. The van der Waals surface area contributed by atoms with Crippen LogP contribution in [-0.2, 0) is 16.1 Å². The van der Waals surface area contributed by atoms with Crippen LogP contribution in [0.1, 0.15) is 45.1 Å². The highest BCUT2D eigenvalue weighted by atomic mass is 19.1. The molecular formula is C33H34F2N2O2. The third-order valence-electron chi connectivity index (χ3n) is 7.97. The van der Waals surface area contributed by atoms with Crippen LogP contribution in [0.15, 0.2) is 66.7 Å². The second kappa shape index (κ2) is 11.1. The molecule has 0 spiro atoms. The first-order chi connectivity index (χ1) is 19.1. The lowest BCUT2D eigenvalue weighted by molar-refractivity contribution is -0.124. The normalized spacial score (nSPS) is 21.2. The molecular weight excluding hydrogens is 494 g/mol. The van der Waals surface area contributed by atoms with Crippen LogP contribution in [-0.4, -0.2) is 25.8 Å². The van der Waals surface area contributed by atoms with E-state index in [9.17, 15) is 14.0 Å². The van der Waals surface area contributed by atoms with Crippen molar-refractivity contribution in [1.29, 1.82) is 0 Å². The van der Waals surface area contributed by atoms with Gasteiger partial charge in [0.2, 0.25) is 5.91 Å². The minimum Gasteiger partial charge on any atom is -0.378 e. The first-order valence-corrected chi connectivity index (χ1v) is 13.4. The summed E-state index contributed by atoms with van der Waals surface area (Å²) in [5.74, 6) is -1.23. The Morgan fingerprint density at radius 3 is 2.31 bits per heavy atom. The van der Waals surface area contributed by atoms with Crippen molar-refractivity contribution in [2.45, 2.75) is 39.1 Å². The van der Waals surface area contributed by atoms with E-state index in [0.717, 1.165) is 36.9 Å². The zero-order chi connectivity index (χ0) is 28.6. The predicted molar refractivity (Wildman–Crippen MR) is 152 cm³/mol. The average molecular weight is 530 g/mol. The van der Waals surface area contributed by atoms with Gasteiger partial charge in [-0.25, -0.2) is 8.78 Å². The molecule has 1 amide bonds. The van der Waals surface area contributed by atoms with E-state index in [-0.39, 0.29) is 34.8 Å². The molecule has 0 saturated heterocycles. The van der Waals surface area contributed by atoms with Crippen molar-refractivity contribution < 1.29 is 19.7 Å². The number of carbonyl (C=O) groups excluding carboxylic acids is 2. The molecule has 0 aliphatic heterocycles. The van der Waals surface area contributed by atoms with Crippen molar-refractivity contribution in [3.63, 3.8) is 0 Å². The first-order valence-electron chi connectivity index (χ1n) is 14.0. The molecule has 0 radical (unpaired) electrons. The van der Waals surface area contributed by atoms with Crippen LogP contribution < -0.4 is 9.80 Å². The van der Waals surface area contributed by atoms with Gasteiger partial charge in [-0.15, -0.1) is 0 Å². The van der Waals surface area contributed by atoms with Gasteiger partial charge in [0, 0.05) is 37.0 Å². The van der Waals surface area contributed by atoms with E-state index in [1.165, 1.54) is 42.2 Å². The van der Waals surface area contributed by atoms with Gasteiger partial charge in [-0.2, -0.15) is 0 Å². The fraction of sp³-hybridized carbons (Fsp3) is 0.333. The number of halogens is 2. The highest BCUT2D eigenvalue weighted by Gasteiger charge is 2.44. The number of hydrogen-bond acceptors (Lipinski definition) is 3. The number of amides is 1. The first kappa shape index (κ1) is 25.5. The summed E-state index contributed by atoms with van der Waals surface area (Å²) in [7, 11) is 3.89. The lowest BCUT2D eigenvalue weighted by Gasteiger charge is -2.30. The molecule has 2 aliphatic rings. The molecule has 0 N–H and O–H groups in total. The van der Waals surface area contributed by atoms with Gasteiger partial charge in [-0.05, 0) is 97.2 Å². The van der Waals surface area contributed by atoms with Crippen LogP contribution in [0.25, 0.3) is 17.2 Å². The Kier molecular flexibility index (Phi) is 7.27. The van der Waals surface area contributed by atoms with Crippen molar-refractivity contribution in [2.24, 2.45) is 17.8 Å². The van der Waals surface area contributed by atoms with Gasteiger partial charge in [0.1, 0.15) is 11.6 Å². The summed E-state index contributed by atoms with van der Waals surface area (Å²) >= 11 is 0. The Labute approximate surface area is 230 Å². The van der Waals surface area contributed by atoms with Crippen molar-refractivity contribution in [3.05, 3.63) is 89.5 Å². The van der Waals surface area contributed by atoms with E-state index in [2.05, 4.69) is 0 Å². The number of hydrogen-bond donors (Lipinski definition) is 0. The number of fused-ring (bicyclic) bond motifs is 2. The topological polar surface area (TPSA) is 40.6 Å². The van der Waals surface area contributed by atoms with Crippen molar-refractivity contribution in [3.8, 4) is 11.1 Å². The predicted octanol–water partition coefficient (Wildman–Crippen LogP) is 7.27. The van der Waals surface area contributed by atoms with Gasteiger partial charge < -0.3 is 9.80 Å². The van der Waals surface area contributed by atoms with Gasteiger partial charge in [0.25, 0.3) is 0 Å². The summed E-state index contributed by atoms with van der Waals surface area (Å²) in [6.07, 6.45) is 6.59. The van der Waals surface area contributed by atoms with Crippen LogP contribution in [0, 0.1) is 29.4 Å². The Morgan fingerprint density at radius 2 is 1.69 bits per heavy atom. The fourth-order valence-electron chi connectivity index (χ4n) is 5.94. The number of benzene rings is 3. The Morgan fingerprint density at radius 1 is 0.949 bits per heavy atom. The summed E-state index contributed by atoms with van der Waals surface area (Å²) in [6.45, 7) is -0.0203. The molecule has 202 valence electrons. The summed E-state index contributed by atoms with van der Waals surface area (Å²) in [6, 6.07) is 16.4. The summed E-state index contributed by atoms with van der Waals surface area (Å²) < 4.78 is 39.5. The summed E-state index contributed by atoms with van der Waals surface area (Å²) in [5, 5.41) is 0. The lowest BCUT2D eigenvalue weighted by Crippen LogP contribution is -2.38. The van der Waals surface area contributed by atoms with Crippen LogP contribution in [0.4, 0.5) is 20.2 Å². The zero-order valence-electron chi connectivity index (χ0n) is 23.5. The van der Waals surface area contributed by atoms with E-state index in [1.807, 2.05) is 43.3 Å². The molecule has 6 heteroatoms. The molecule has 3 aromatic rings. The molecule has 2 unspecified atom stereocenters. The number of carbonyl (C=O) groups is 2. The number of allylic oxidation sites excluding steroid dienone is 1. The second-order valence-electron chi connectivity index (χ2n) is 11.0. The van der Waals surface area contributed by atoms with E-state index in [1.54, 1.807) is 18.2 Å². The maximum absolute atomic E-state index is 15.6. The molecule has 2 aliphatic carbocycles. The summed E-state index contributed by atoms with van der Waals surface area (Å²) in [5.41, 5.74) is 3.12. The van der Waals surface area contributed by atoms with Crippen LogP contribution in [0.5, 0.6) is 0 Å².